The van der Waals surface area contributed by atoms with E-state index in [2.05, 4.69) is 6.92 Å². The smallest absolute Gasteiger partial charge is 0.123 e. The molecule has 0 saturated heterocycles. The van der Waals surface area contributed by atoms with E-state index in [0.29, 0.717) is 17.6 Å². The lowest BCUT2D eigenvalue weighted by atomic mass is 10.3. The lowest BCUT2D eigenvalue weighted by Gasteiger charge is -2.09. The first-order valence-corrected chi connectivity index (χ1v) is 6.88. The average Bonchev–Trinajstić information content (AvgIpc) is 2.31. The minimum atomic E-state index is -0.245. The zero-order chi connectivity index (χ0) is 12.5. The summed E-state index contributed by atoms with van der Waals surface area (Å²) < 4.78 is 18.1. The van der Waals surface area contributed by atoms with Crippen LogP contribution >= 0.6 is 11.8 Å². The van der Waals surface area contributed by atoms with E-state index < -0.39 is 0 Å². The largest absolute Gasteiger partial charge is 0.494 e. The van der Waals surface area contributed by atoms with Crippen LogP contribution in [-0.2, 0) is 0 Å². The van der Waals surface area contributed by atoms with E-state index in [0.717, 1.165) is 18.6 Å². The average molecular weight is 258 g/mol. The van der Waals surface area contributed by atoms with E-state index in [-0.39, 0.29) is 12.4 Å². The van der Waals surface area contributed by atoms with E-state index in [9.17, 15) is 4.39 Å². The molecule has 0 bridgehead atoms. The summed E-state index contributed by atoms with van der Waals surface area (Å²) in [6.45, 7) is 3.01. The highest BCUT2D eigenvalue weighted by Crippen LogP contribution is 2.15. The summed E-state index contributed by atoms with van der Waals surface area (Å²) in [7, 11) is 0. The van der Waals surface area contributed by atoms with Crippen LogP contribution in [0.1, 0.15) is 19.8 Å². The SMILES string of the molecule is CC(CCO)SCCCOc1ccc(F)cc1. The maximum absolute atomic E-state index is 12.6. The molecular formula is C13H19FO2S. The number of benzene rings is 1. The van der Waals surface area contributed by atoms with Gasteiger partial charge in [0, 0.05) is 11.9 Å². The molecule has 96 valence electrons. The Balaban J connectivity index is 2.06. The number of hydrogen-bond donors (Lipinski definition) is 1. The minimum Gasteiger partial charge on any atom is -0.494 e. The summed E-state index contributed by atoms with van der Waals surface area (Å²) in [4.78, 5) is 0. The highest BCUT2D eigenvalue weighted by Gasteiger charge is 2.01. The molecule has 1 aromatic carbocycles. The van der Waals surface area contributed by atoms with Gasteiger partial charge >= 0.3 is 0 Å². The van der Waals surface area contributed by atoms with Crippen molar-refractivity contribution in [3.63, 3.8) is 0 Å². The summed E-state index contributed by atoms with van der Waals surface area (Å²) in [5, 5.41) is 9.23. The maximum Gasteiger partial charge on any atom is 0.123 e. The molecule has 1 unspecified atom stereocenters. The van der Waals surface area contributed by atoms with Gasteiger partial charge in [0.15, 0.2) is 0 Å². The highest BCUT2D eigenvalue weighted by molar-refractivity contribution is 7.99. The van der Waals surface area contributed by atoms with Gasteiger partial charge in [-0.1, -0.05) is 6.92 Å². The third kappa shape index (κ3) is 6.54. The van der Waals surface area contributed by atoms with Crippen LogP contribution in [0.5, 0.6) is 5.75 Å². The molecule has 0 aliphatic heterocycles. The van der Waals surface area contributed by atoms with Gasteiger partial charge in [0.2, 0.25) is 0 Å². The van der Waals surface area contributed by atoms with E-state index in [1.54, 1.807) is 12.1 Å². The molecule has 1 atom stereocenters. The molecule has 0 fully saturated rings. The van der Waals surface area contributed by atoms with Crippen LogP contribution in [0.4, 0.5) is 4.39 Å². The van der Waals surface area contributed by atoms with Gasteiger partial charge in [-0.15, -0.1) is 0 Å². The molecule has 0 aliphatic rings. The second kappa shape index (κ2) is 8.37. The van der Waals surface area contributed by atoms with Crippen molar-refractivity contribution in [1.82, 2.24) is 0 Å². The zero-order valence-corrected chi connectivity index (χ0v) is 10.9. The number of halogens is 1. The molecule has 0 saturated carbocycles. The summed E-state index contributed by atoms with van der Waals surface area (Å²) in [6.07, 6.45) is 1.79. The van der Waals surface area contributed by atoms with E-state index >= 15 is 0 Å². The fourth-order valence-electron chi connectivity index (χ4n) is 1.33. The van der Waals surface area contributed by atoms with Gasteiger partial charge in [0.25, 0.3) is 0 Å². The van der Waals surface area contributed by atoms with Crippen molar-refractivity contribution in [2.45, 2.75) is 25.0 Å². The van der Waals surface area contributed by atoms with Crippen molar-refractivity contribution in [3.8, 4) is 5.75 Å². The van der Waals surface area contributed by atoms with Gasteiger partial charge in [-0.25, -0.2) is 4.39 Å². The second-order valence-electron chi connectivity index (χ2n) is 3.85. The summed E-state index contributed by atoms with van der Waals surface area (Å²) in [5.41, 5.74) is 0. The van der Waals surface area contributed by atoms with Crippen LogP contribution in [0.2, 0.25) is 0 Å². The third-order valence-electron chi connectivity index (χ3n) is 2.31. The van der Waals surface area contributed by atoms with Crippen molar-refractivity contribution < 1.29 is 14.2 Å². The van der Waals surface area contributed by atoms with E-state index in [4.69, 9.17) is 9.84 Å². The molecule has 17 heavy (non-hydrogen) atoms. The Hall–Kier alpha value is -0.740. The van der Waals surface area contributed by atoms with Gasteiger partial charge < -0.3 is 9.84 Å². The predicted molar refractivity (Wildman–Crippen MR) is 70.1 cm³/mol. The fraction of sp³-hybridized carbons (Fsp3) is 0.538. The molecule has 2 nitrogen and oxygen atoms in total. The van der Waals surface area contributed by atoms with Gasteiger partial charge in [-0.2, -0.15) is 11.8 Å². The molecule has 0 amide bonds. The number of aliphatic hydroxyl groups is 1. The van der Waals surface area contributed by atoms with Crippen LogP contribution in [0.25, 0.3) is 0 Å². The molecule has 4 heteroatoms. The quantitative estimate of drug-likeness (QED) is 0.727. The van der Waals surface area contributed by atoms with Crippen LogP contribution in [0, 0.1) is 5.82 Å². The molecule has 1 N–H and O–H groups in total. The molecule has 1 rings (SSSR count). The standard InChI is InChI=1S/C13H19FO2S/c1-11(7-8-15)17-10-2-9-16-13-5-3-12(14)4-6-13/h3-6,11,15H,2,7-10H2,1H3. The Kier molecular flexibility index (Phi) is 7.05. The fourth-order valence-corrected chi connectivity index (χ4v) is 2.29. The normalized spacial score (nSPS) is 12.4. The number of aliphatic hydroxyl groups excluding tert-OH is 1. The van der Waals surface area contributed by atoms with Gasteiger partial charge in [-0.3, -0.25) is 0 Å². The van der Waals surface area contributed by atoms with Crippen molar-refractivity contribution in [2.75, 3.05) is 19.0 Å². The first-order valence-electron chi connectivity index (χ1n) is 5.83. The van der Waals surface area contributed by atoms with Crippen LogP contribution in [0.15, 0.2) is 24.3 Å². The lowest BCUT2D eigenvalue weighted by molar-refractivity contribution is 0.288. The summed E-state index contributed by atoms with van der Waals surface area (Å²) in [6, 6.07) is 6.06. The van der Waals surface area contributed by atoms with E-state index in [1.807, 2.05) is 11.8 Å². The highest BCUT2D eigenvalue weighted by atomic mass is 32.2. The lowest BCUT2D eigenvalue weighted by Crippen LogP contribution is -2.03. The third-order valence-corrected chi connectivity index (χ3v) is 3.64. The summed E-state index contributed by atoms with van der Waals surface area (Å²) >= 11 is 1.84. The Labute approximate surface area is 106 Å². The Morgan fingerprint density at radius 1 is 1.35 bits per heavy atom. The number of hydrogen-bond acceptors (Lipinski definition) is 3. The molecule has 0 aliphatic carbocycles. The second-order valence-corrected chi connectivity index (χ2v) is 5.40. The van der Waals surface area contributed by atoms with Crippen LogP contribution < -0.4 is 4.74 Å². The number of rotatable bonds is 8. The molecule has 0 aromatic heterocycles. The van der Waals surface area contributed by atoms with Crippen molar-refractivity contribution >= 4 is 11.8 Å². The first-order chi connectivity index (χ1) is 8.22. The molecule has 0 radical (unpaired) electrons. The molecule has 0 heterocycles. The monoisotopic (exact) mass is 258 g/mol. The van der Waals surface area contributed by atoms with Gasteiger partial charge in [0.1, 0.15) is 11.6 Å². The topological polar surface area (TPSA) is 29.5 Å². The van der Waals surface area contributed by atoms with Crippen molar-refractivity contribution in [2.24, 2.45) is 0 Å². The number of thioether (sulfide) groups is 1. The van der Waals surface area contributed by atoms with E-state index in [1.165, 1.54) is 12.1 Å². The van der Waals surface area contributed by atoms with Gasteiger partial charge in [-0.05, 0) is 42.9 Å². The Bertz CT molecular complexity index is 303. The Morgan fingerprint density at radius 2 is 2.06 bits per heavy atom. The predicted octanol–water partition coefficient (Wildman–Crippen LogP) is 3.10. The molecule has 0 spiro atoms. The van der Waals surface area contributed by atoms with Gasteiger partial charge in [0.05, 0.1) is 6.61 Å². The zero-order valence-electron chi connectivity index (χ0n) is 10.1. The minimum absolute atomic E-state index is 0.245. The maximum atomic E-state index is 12.6. The summed E-state index contributed by atoms with van der Waals surface area (Å²) in [5.74, 6) is 1.48. The van der Waals surface area contributed by atoms with Crippen molar-refractivity contribution in [1.29, 1.82) is 0 Å². The van der Waals surface area contributed by atoms with Crippen molar-refractivity contribution in [3.05, 3.63) is 30.1 Å². The molecular weight excluding hydrogens is 239 g/mol. The molecule has 1 aromatic rings. The van der Waals surface area contributed by atoms with Crippen LogP contribution in [0.3, 0.4) is 0 Å². The van der Waals surface area contributed by atoms with Crippen LogP contribution in [-0.4, -0.2) is 29.3 Å². The number of ether oxygens (including phenoxy) is 1. The first kappa shape index (κ1) is 14.3. The Morgan fingerprint density at radius 3 is 2.71 bits per heavy atom.